The van der Waals surface area contributed by atoms with Crippen molar-refractivity contribution in [1.82, 2.24) is 9.88 Å². The molecular weight excluding hydrogens is 376 g/mol. The molecule has 0 saturated heterocycles. The predicted molar refractivity (Wildman–Crippen MR) is 97.6 cm³/mol. The molecule has 1 N–H and O–H groups in total. The first-order valence-electron chi connectivity index (χ1n) is 7.32. The Labute approximate surface area is 147 Å². The minimum absolute atomic E-state index is 0.0464. The summed E-state index contributed by atoms with van der Waals surface area (Å²) in [5, 5.41) is 2.88. The Kier molecular flexibility index (Phi) is 4.73. The molecule has 2 aromatic heterocycles. The van der Waals surface area contributed by atoms with Gasteiger partial charge < -0.3 is 14.6 Å². The first kappa shape index (κ1) is 16.1. The van der Waals surface area contributed by atoms with Gasteiger partial charge in [-0.2, -0.15) is 0 Å². The molecular formula is C17H17BrN2O2S. The largest absolute Gasteiger partial charge is 0.497 e. The van der Waals surface area contributed by atoms with Gasteiger partial charge in [-0.1, -0.05) is 12.1 Å². The number of hydrogen-bond donors (Lipinski definition) is 1. The van der Waals surface area contributed by atoms with Crippen molar-refractivity contribution in [2.75, 3.05) is 13.7 Å². The average molecular weight is 393 g/mol. The van der Waals surface area contributed by atoms with Crippen LogP contribution >= 0.6 is 27.3 Å². The molecule has 1 amide bonds. The van der Waals surface area contributed by atoms with Crippen LogP contribution in [0.3, 0.4) is 0 Å². The summed E-state index contributed by atoms with van der Waals surface area (Å²) in [7, 11) is 1.66. The monoisotopic (exact) mass is 392 g/mol. The molecule has 2 heterocycles. The molecule has 1 aromatic carbocycles. The van der Waals surface area contributed by atoms with Crippen molar-refractivity contribution in [2.45, 2.75) is 13.5 Å². The summed E-state index contributed by atoms with van der Waals surface area (Å²) in [5.41, 5.74) is 2.84. The number of benzene rings is 1. The molecule has 0 unspecified atom stereocenters. The number of nitrogens with zero attached hydrogens (tertiary/aromatic N) is 1. The normalized spacial score (nSPS) is 10.9. The van der Waals surface area contributed by atoms with E-state index < -0.39 is 0 Å². The van der Waals surface area contributed by atoms with E-state index in [0.717, 1.165) is 25.3 Å². The van der Waals surface area contributed by atoms with E-state index >= 15 is 0 Å². The van der Waals surface area contributed by atoms with Gasteiger partial charge in [-0.15, -0.1) is 11.3 Å². The molecule has 3 aromatic rings. The molecule has 4 nitrogen and oxygen atoms in total. The van der Waals surface area contributed by atoms with Crippen LogP contribution in [0.4, 0.5) is 0 Å². The highest BCUT2D eigenvalue weighted by atomic mass is 79.9. The summed E-state index contributed by atoms with van der Waals surface area (Å²) in [6, 6.07) is 11.9. The first-order valence-corrected chi connectivity index (χ1v) is 8.93. The molecule has 0 atom stereocenters. The van der Waals surface area contributed by atoms with Crippen molar-refractivity contribution in [2.24, 2.45) is 0 Å². The maximum atomic E-state index is 12.4. The Morgan fingerprint density at radius 3 is 2.91 bits per heavy atom. The Balaban J connectivity index is 2.05. The highest BCUT2D eigenvalue weighted by Gasteiger charge is 2.17. The number of fused-ring (bicyclic) bond motifs is 1. The van der Waals surface area contributed by atoms with Gasteiger partial charge in [0.15, 0.2) is 0 Å². The third-order valence-corrected chi connectivity index (χ3v) is 5.18. The average Bonchev–Trinajstić information content (AvgIpc) is 3.05. The summed E-state index contributed by atoms with van der Waals surface area (Å²) in [5.74, 6) is 0.770. The number of carbonyl (C=O) groups is 1. The zero-order valence-electron chi connectivity index (χ0n) is 12.9. The van der Waals surface area contributed by atoms with Crippen LogP contribution in [0, 0.1) is 0 Å². The lowest BCUT2D eigenvalue weighted by Crippen LogP contribution is -2.25. The Morgan fingerprint density at radius 1 is 1.35 bits per heavy atom. The van der Waals surface area contributed by atoms with E-state index in [1.807, 2.05) is 37.3 Å². The molecule has 0 aliphatic heterocycles. The van der Waals surface area contributed by atoms with Crippen molar-refractivity contribution < 1.29 is 9.53 Å². The zero-order chi connectivity index (χ0) is 16.4. The third kappa shape index (κ3) is 3.28. The lowest BCUT2D eigenvalue weighted by atomic mass is 10.2. The summed E-state index contributed by atoms with van der Waals surface area (Å²) in [6.07, 6.45) is 0. The molecule has 0 aliphatic rings. The molecule has 0 radical (unpaired) electrons. The van der Waals surface area contributed by atoms with Crippen LogP contribution in [0.2, 0.25) is 0 Å². The maximum Gasteiger partial charge on any atom is 0.267 e. The van der Waals surface area contributed by atoms with E-state index in [1.165, 1.54) is 0 Å². The van der Waals surface area contributed by atoms with E-state index in [4.69, 9.17) is 4.74 Å². The van der Waals surface area contributed by atoms with Gasteiger partial charge in [0, 0.05) is 13.1 Å². The molecule has 0 fully saturated rings. The first-order chi connectivity index (χ1) is 11.1. The Hall–Kier alpha value is -1.79. The van der Waals surface area contributed by atoms with E-state index in [9.17, 15) is 4.79 Å². The Bertz CT molecular complexity index is 854. The minimum atomic E-state index is -0.0464. The number of ether oxygens (including phenoxy) is 1. The molecule has 6 heteroatoms. The van der Waals surface area contributed by atoms with Crippen LogP contribution in [0.5, 0.6) is 5.75 Å². The lowest BCUT2D eigenvalue weighted by Gasteiger charge is -2.11. The fraction of sp³-hybridized carbons (Fsp3) is 0.235. The third-order valence-electron chi connectivity index (χ3n) is 3.60. The number of nitrogens with one attached hydrogen (secondary N) is 1. The number of aromatic nitrogens is 1. The maximum absolute atomic E-state index is 12.4. The van der Waals surface area contributed by atoms with Crippen LogP contribution in [-0.2, 0) is 6.54 Å². The lowest BCUT2D eigenvalue weighted by molar-refractivity contribution is 0.0947. The SMILES string of the molecule is CCNC(=O)c1cc2sc(Br)cc2n1Cc1cccc(OC)c1. The summed E-state index contributed by atoms with van der Waals surface area (Å²) in [4.78, 5) is 12.4. The van der Waals surface area contributed by atoms with Crippen molar-refractivity contribution in [1.29, 1.82) is 0 Å². The number of methoxy groups -OCH3 is 1. The fourth-order valence-corrected chi connectivity index (χ4v) is 4.14. The second kappa shape index (κ2) is 6.76. The van der Waals surface area contributed by atoms with Crippen LogP contribution in [0.25, 0.3) is 10.2 Å². The molecule has 120 valence electrons. The smallest absolute Gasteiger partial charge is 0.267 e. The molecule has 3 rings (SSSR count). The van der Waals surface area contributed by atoms with Gasteiger partial charge in [0.1, 0.15) is 11.4 Å². The topological polar surface area (TPSA) is 43.3 Å². The second-order valence-corrected chi connectivity index (χ2v) is 7.59. The summed E-state index contributed by atoms with van der Waals surface area (Å²) < 4.78 is 9.50. The van der Waals surface area contributed by atoms with Gasteiger partial charge in [0.25, 0.3) is 5.91 Å². The molecule has 0 saturated carbocycles. The van der Waals surface area contributed by atoms with Crippen LogP contribution in [0.1, 0.15) is 23.0 Å². The van der Waals surface area contributed by atoms with E-state index in [1.54, 1.807) is 18.4 Å². The van der Waals surface area contributed by atoms with Crippen LogP contribution < -0.4 is 10.1 Å². The summed E-state index contributed by atoms with van der Waals surface area (Å²) in [6.45, 7) is 3.16. The Morgan fingerprint density at radius 2 is 2.17 bits per heavy atom. The van der Waals surface area contributed by atoms with Crippen molar-refractivity contribution in [3.63, 3.8) is 0 Å². The minimum Gasteiger partial charge on any atom is -0.497 e. The molecule has 0 bridgehead atoms. The molecule has 23 heavy (non-hydrogen) atoms. The predicted octanol–water partition coefficient (Wildman–Crippen LogP) is 4.27. The molecule has 0 aliphatic carbocycles. The number of amides is 1. The fourth-order valence-electron chi connectivity index (χ4n) is 2.57. The van der Waals surface area contributed by atoms with Gasteiger partial charge in [0.2, 0.25) is 0 Å². The van der Waals surface area contributed by atoms with Crippen LogP contribution in [-0.4, -0.2) is 24.1 Å². The van der Waals surface area contributed by atoms with Crippen molar-refractivity contribution in [3.05, 3.63) is 51.4 Å². The highest BCUT2D eigenvalue weighted by Crippen LogP contribution is 2.33. The number of carbonyl (C=O) groups excluding carboxylic acids is 1. The highest BCUT2D eigenvalue weighted by molar-refractivity contribution is 9.11. The van der Waals surface area contributed by atoms with E-state index in [0.29, 0.717) is 18.8 Å². The number of hydrogen-bond acceptors (Lipinski definition) is 3. The van der Waals surface area contributed by atoms with Crippen molar-refractivity contribution in [3.8, 4) is 5.75 Å². The summed E-state index contributed by atoms with van der Waals surface area (Å²) >= 11 is 5.16. The number of rotatable bonds is 5. The van der Waals surface area contributed by atoms with Gasteiger partial charge in [0.05, 0.1) is 21.1 Å². The zero-order valence-corrected chi connectivity index (χ0v) is 15.3. The molecule has 0 spiro atoms. The van der Waals surface area contributed by atoms with Gasteiger partial charge in [-0.3, -0.25) is 4.79 Å². The van der Waals surface area contributed by atoms with Gasteiger partial charge in [-0.25, -0.2) is 0 Å². The van der Waals surface area contributed by atoms with Gasteiger partial charge >= 0.3 is 0 Å². The number of halogens is 1. The second-order valence-electron chi connectivity index (χ2n) is 5.13. The van der Waals surface area contributed by atoms with Gasteiger partial charge in [-0.05, 0) is 52.7 Å². The van der Waals surface area contributed by atoms with E-state index in [-0.39, 0.29) is 5.91 Å². The quantitative estimate of drug-likeness (QED) is 0.704. The van der Waals surface area contributed by atoms with Crippen molar-refractivity contribution >= 4 is 43.4 Å². The van der Waals surface area contributed by atoms with Crippen LogP contribution in [0.15, 0.2) is 40.2 Å². The van der Waals surface area contributed by atoms with E-state index in [2.05, 4.69) is 31.9 Å². The standard InChI is InChI=1S/C17H17BrN2O2S/c1-3-19-17(21)14-8-15-13(9-16(18)23-15)20(14)10-11-5-4-6-12(7-11)22-2/h4-9H,3,10H2,1-2H3,(H,19,21). The number of thiophene rings is 1.